The van der Waals surface area contributed by atoms with E-state index in [0.717, 1.165) is 24.3 Å². The number of hydrogen-bond acceptors (Lipinski definition) is 1. The van der Waals surface area contributed by atoms with Crippen molar-refractivity contribution in [1.29, 1.82) is 0 Å². The van der Waals surface area contributed by atoms with Crippen LogP contribution in [-0.4, -0.2) is 13.1 Å². The van der Waals surface area contributed by atoms with E-state index in [1.54, 1.807) is 6.08 Å². The maximum absolute atomic E-state index is 5.34. The highest BCUT2D eigenvalue weighted by Crippen LogP contribution is 2.15. The molecule has 0 aliphatic rings. The molecule has 1 aromatic carbocycles. The lowest BCUT2D eigenvalue weighted by Crippen LogP contribution is -2.22. The Morgan fingerprint density at radius 2 is 1.62 bits per heavy atom. The third kappa shape index (κ3) is 3.43. The van der Waals surface area contributed by atoms with Crippen LogP contribution in [0.25, 0.3) is 6.08 Å². The lowest BCUT2D eigenvalue weighted by Gasteiger charge is -2.21. The molecule has 82 valence electrons. The van der Waals surface area contributed by atoms with Crippen molar-refractivity contribution in [2.75, 3.05) is 18.0 Å². The minimum Gasteiger partial charge on any atom is -0.364 e. The summed E-state index contributed by atoms with van der Waals surface area (Å²) in [6.45, 7) is 14.5. The van der Waals surface area contributed by atoms with E-state index in [0.29, 0.717) is 0 Å². The SMILES string of the molecule is [CH]C=Cc1ccc(N(CC=C)CC=C)cc1. The maximum atomic E-state index is 5.34. The second kappa shape index (κ2) is 6.67. The summed E-state index contributed by atoms with van der Waals surface area (Å²) in [7, 11) is 0. The Labute approximate surface area is 98.4 Å². The number of hydrogen-bond donors (Lipinski definition) is 0. The number of nitrogens with zero attached hydrogens (tertiary/aromatic N) is 1. The van der Waals surface area contributed by atoms with Crippen LogP contribution in [-0.2, 0) is 0 Å². The van der Waals surface area contributed by atoms with E-state index in [2.05, 4.69) is 30.2 Å². The fraction of sp³-hybridized carbons (Fsp3) is 0.133. The van der Waals surface area contributed by atoms with E-state index >= 15 is 0 Å². The molecule has 0 heterocycles. The van der Waals surface area contributed by atoms with Crippen LogP contribution in [0.2, 0.25) is 0 Å². The zero-order valence-corrected chi connectivity index (χ0v) is 9.47. The first kappa shape index (κ1) is 12.3. The van der Waals surface area contributed by atoms with Gasteiger partial charge in [-0.05, 0) is 24.6 Å². The van der Waals surface area contributed by atoms with Crippen LogP contribution < -0.4 is 4.90 Å². The molecule has 0 saturated heterocycles. The molecule has 0 aliphatic carbocycles. The number of allylic oxidation sites excluding steroid dienone is 1. The molecular weight excluding hydrogens is 194 g/mol. The van der Waals surface area contributed by atoms with Crippen LogP contribution in [0.1, 0.15) is 5.56 Å². The van der Waals surface area contributed by atoms with Crippen LogP contribution in [0.15, 0.2) is 55.7 Å². The van der Waals surface area contributed by atoms with Crippen molar-refractivity contribution < 1.29 is 0 Å². The summed E-state index contributed by atoms with van der Waals surface area (Å²) in [6.07, 6.45) is 7.18. The molecule has 0 N–H and O–H groups in total. The van der Waals surface area contributed by atoms with Crippen molar-refractivity contribution in [2.24, 2.45) is 0 Å². The first-order valence-electron chi connectivity index (χ1n) is 5.27. The standard InChI is InChI=1S/C15H17N/c1-4-7-14-8-10-15(11-9-14)16(12-5-2)13-6-3/h1,4-11H,2-3,12-13H2. The van der Waals surface area contributed by atoms with Gasteiger partial charge in [-0.1, -0.05) is 36.4 Å². The monoisotopic (exact) mass is 211 g/mol. The van der Waals surface area contributed by atoms with E-state index in [9.17, 15) is 0 Å². The van der Waals surface area contributed by atoms with Gasteiger partial charge in [-0.15, -0.1) is 13.2 Å². The topological polar surface area (TPSA) is 3.24 Å². The molecule has 16 heavy (non-hydrogen) atoms. The minimum absolute atomic E-state index is 0.818. The molecule has 0 atom stereocenters. The quantitative estimate of drug-likeness (QED) is 0.650. The summed E-state index contributed by atoms with van der Waals surface area (Å²) in [5.41, 5.74) is 2.26. The highest BCUT2D eigenvalue weighted by atomic mass is 15.1. The highest BCUT2D eigenvalue weighted by molar-refractivity contribution is 5.56. The molecule has 1 rings (SSSR count). The minimum atomic E-state index is 0.818. The average molecular weight is 211 g/mol. The van der Waals surface area contributed by atoms with Gasteiger partial charge in [0.1, 0.15) is 0 Å². The van der Waals surface area contributed by atoms with Crippen LogP contribution in [0, 0.1) is 6.92 Å². The molecule has 0 amide bonds. The van der Waals surface area contributed by atoms with Crippen LogP contribution in [0.4, 0.5) is 5.69 Å². The summed E-state index contributed by atoms with van der Waals surface area (Å²) in [6, 6.07) is 8.22. The molecule has 0 bridgehead atoms. The van der Waals surface area contributed by atoms with E-state index in [1.807, 2.05) is 30.4 Å². The molecule has 0 fully saturated rings. The van der Waals surface area contributed by atoms with E-state index in [4.69, 9.17) is 6.92 Å². The first-order valence-corrected chi connectivity index (χ1v) is 5.27. The van der Waals surface area contributed by atoms with Crippen molar-refractivity contribution in [1.82, 2.24) is 0 Å². The average Bonchev–Trinajstić information content (AvgIpc) is 2.30. The molecule has 1 heteroatoms. The fourth-order valence-corrected chi connectivity index (χ4v) is 1.50. The molecule has 1 aromatic rings. The molecule has 2 radical (unpaired) electrons. The molecule has 0 saturated carbocycles. The predicted octanol–water partition coefficient (Wildman–Crippen LogP) is 3.59. The highest BCUT2D eigenvalue weighted by Gasteiger charge is 2.01. The smallest absolute Gasteiger partial charge is 0.0372 e. The lowest BCUT2D eigenvalue weighted by molar-refractivity contribution is 0.957. The van der Waals surface area contributed by atoms with Crippen LogP contribution in [0.5, 0.6) is 0 Å². The Morgan fingerprint density at radius 1 is 1.06 bits per heavy atom. The summed E-state index contributed by atoms with van der Waals surface area (Å²) in [5, 5.41) is 0. The van der Waals surface area contributed by atoms with Gasteiger partial charge in [0.15, 0.2) is 0 Å². The second-order valence-corrected chi connectivity index (χ2v) is 3.43. The van der Waals surface area contributed by atoms with Crippen molar-refractivity contribution in [3.8, 4) is 0 Å². The van der Waals surface area contributed by atoms with Gasteiger partial charge in [-0.3, -0.25) is 0 Å². The number of anilines is 1. The Balaban J connectivity index is 2.83. The Bertz CT molecular complexity index is 350. The molecule has 0 aromatic heterocycles. The summed E-state index contributed by atoms with van der Waals surface area (Å²) < 4.78 is 0. The van der Waals surface area contributed by atoms with Crippen molar-refractivity contribution in [3.05, 3.63) is 68.1 Å². The summed E-state index contributed by atoms with van der Waals surface area (Å²) in [4.78, 5) is 2.19. The van der Waals surface area contributed by atoms with Gasteiger partial charge in [-0.2, -0.15) is 0 Å². The number of benzene rings is 1. The predicted molar refractivity (Wildman–Crippen MR) is 72.4 cm³/mol. The Morgan fingerprint density at radius 3 is 2.06 bits per heavy atom. The largest absolute Gasteiger partial charge is 0.364 e. The maximum Gasteiger partial charge on any atom is 0.0372 e. The first-order chi connectivity index (χ1) is 7.81. The van der Waals surface area contributed by atoms with Gasteiger partial charge in [-0.25, -0.2) is 0 Å². The van der Waals surface area contributed by atoms with Gasteiger partial charge >= 0.3 is 0 Å². The third-order valence-corrected chi connectivity index (χ3v) is 2.25. The zero-order valence-electron chi connectivity index (χ0n) is 9.47. The van der Waals surface area contributed by atoms with E-state index < -0.39 is 0 Å². The Kier molecular flexibility index (Phi) is 5.13. The molecule has 0 spiro atoms. The van der Waals surface area contributed by atoms with Crippen LogP contribution >= 0.6 is 0 Å². The fourth-order valence-electron chi connectivity index (χ4n) is 1.50. The van der Waals surface area contributed by atoms with Crippen molar-refractivity contribution in [2.45, 2.75) is 0 Å². The second-order valence-electron chi connectivity index (χ2n) is 3.43. The van der Waals surface area contributed by atoms with E-state index in [1.165, 1.54) is 0 Å². The van der Waals surface area contributed by atoms with Crippen molar-refractivity contribution >= 4 is 11.8 Å². The summed E-state index contributed by atoms with van der Waals surface area (Å²) in [5.74, 6) is 0. The van der Waals surface area contributed by atoms with E-state index in [-0.39, 0.29) is 0 Å². The van der Waals surface area contributed by atoms with Crippen molar-refractivity contribution in [3.63, 3.8) is 0 Å². The van der Waals surface area contributed by atoms with Gasteiger partial charge in [0, 0.05) is 18.8 Å². The van der Waals surface area contributed by atoms with Gasteiger partial charge in [0.2, 0.25) is 0 Å². The van der Waals surface area contributed by atoms with Gasteiger partial charge < -0.3 is 4.90 Å². The molecule has 0 unspecified atom stereocenters. The molecule has 0 aliphatic heterocycles. The molecule has 1 nitrogen and oxygen atoms in total. The van der Waals surface area contributed by atoms with Crippen LogP contribution in [0.3, 0.4) is 0 Å². The molecular formula is C15H17N. The lowest BCUT2D eigenvalue weighted by atomic mass is 10.2. The third-order valence-electron chi connectivity index (χ3n) is 2.25. The van der Waals surface area contributed by atoms with Gasteiger partial charge in [0.05, 0.1) is 0 Å². The zero-order chi connectivity index (χ0) is 11.8. The normalized spacial score (nSPS) is 10.3. The van der Waals surface area contributed by atoms with Gasteiger partial charge in [0.25, 0.3) is 0 Å². The number of rotatable bonds is 6. The Hall–Kier alpha value is -1.76. The summed E-state index contributed by atoms with van der Waals surface area (Å²) >= 11 is 0.